The van der Waals surface area contributed by atoms with Crippen LogP contribution in [0.15, 0.2) is 24.3 Å². The minimum atomic E-state index is -4.25. The zero-order chi connectivity index (χ0) is 12.8. The van der Waals surface area contributed by atoms with Crippen molar-refractivity contribution in [3.8, 4) is 0 Å². The van der Waals surface area contributed by atoms with Gasteiger partial charge < -0.3 is 5.32 Å². The summed E-state index contributed by atoms with van der Waals surface area (Å²) in [7, 11) is 0. The summed E-state index contributed by atoms with van der Waals surface area (Å²) in [6.07, 6.45) is -3.12. The lowest BCUT2D eigenvalue weighted by Crippen LogP contribution is -2.42. The molecule has 2 atom stereocenters. The highest BCUT2D eigenvalue weighted by atomic mass is 19.4. The second-order valence-corrected chi connectivity index (χ2v) is 5.12. The summed E-state index contributed by atoms with van der Waals surface area (Å²) in [6.45, 7) is 2.53. The lowest BCUT2D eigenvalue weighted by atomic mass is 10.1. The number of hydrogen-bond donors (Lipinski definition) is 1. The third-order valence-electron chi connectivity index (χ3n) is 3.81. The van der Waals surface area contributed by atoms with Gasteiger partial charge in [0.2, 0.25) is 0 Å². The molecule has 0 saturated carbocycles. The number of piperazine rings is 1. The molecule has 18 heavy (non-hydrogen) atoms. The summed E-state index contributed by atoms with van der Waals surface area (Å²) in [6, 6.07) is 6.67. The summed E-state index contributed by atoms with van der Waals surface area (Å²) in [4.78, 5) is 2.27. The van der Waals surface area contributed by atoms with Crippen molar-refractivity contribution in [2.24, 2.45) is 0 Å². The van der Waals surface area contributed by atoms with E-state index in [-0.39, 0.29) is 0 Å². The lowest BCUT2D eigenvalue weighted by molar-refractivity contribution is -0.137. The highest BCUT2D eigenvalue weighted by Crippen LogP contribution is 2.31. The first-order valence-electron chi connectivity index (χ1n) is 6.16. The topological polar surface area (TPSA) is 15.3 Å². The van der Waals surface area contributed by atoms with Gasteiger partial charge >= 0.3 is 6.18 Å². The van der Waals surface area contributed by atoms with Crippen molar-refractivity contribution in [3.05, 3.63) is 35.4 Å². The number of nitrogens with zero attached hydrogens (tertiary/aromatic N) is 1. The Balaban J connectivity index is 1.73. The predicted octanol–water partition coefficient (Wildman–Crippen LogP) is 2.25. The SMILES string of the molecule is FC(F)(F)c1cccc(CN2CC3CC2CN3)c1. The van der Waals surface area contributed by atoms with Gasteiger partial charge in [-0.3, -0.25) is 4.90 Å². The van der Waals surface area contributed by atoms with E-state index in [1.54, 1.807) is 6.07 Å². The second kappa shape index (κ2) is 4.24. The Morgan fingerprint density at radius 3 is 2.78 bits per heavy atom. The summed E-state index contributed by atoms with van der Waals surface area (Å²) >= 11 is 0. The minimum absolute atomic E-state index is 0.490. The van der Waals surface area contributed by atoms with Gasteiger partial charge in [-0.1, -0.05) is 18.2 Å². The van der Waals surface area contributed by atoms with Gasteiger partial charge in [0.05, 0.1) is 5.56 Å². The van der Waals surface area contributed by atoms with Crippen molar-refractivity contribution < 1.29 is 13.2 Å². The molecule has 1 aromatic rings. The maximum Gasteiger partial charge on any atom is 0.416 e. The number of alkyl halides is 3. The average Bonchev–Trinajstić information content (AvgIpc) is 2.90. The first-order valence-corrected chi connectivity index (χ1v) is 6.16. The molecule has 2 heterocycles. The molecule has 1 N–H and O–H groups in total. The van der Waals surface area contributed by atoms with Crippen LogP contribution < -0.4 is 5.32 Å². The number of likely N-dealkylation sites (tertiary alicyclic amines) is 1. The summed E-state index contributed by atoms with van der Waals surface area (Å²) in [5.41, 5.74) is 0.194. The third kappa shape index (κ3) is 2.24. The number of rotatable bonds is 2. The van der Waals surface area contributed by atoms with E-state index in [1.165, 1.54) is 12.1 Å². The van der Waals surface area contributed by atoms with Gasteiger partial charge in [0, 0.05) is 31.7 Å². The average molecular weight is 256 g/mol. The Hall–Kier alpha value is -1.07. The van der Waals surface area contributed by atoms with Gasteiger partial charge in [0.1, 0.15) is 0 Å². The zero-order valence-electron chi connectivity index (χ0n) is 9.87. The second-order valence-electron chi connectivity index (χ2n) is 5.12. The molecule has 5 heteroatoms. The van der Waals surface area contributed by atoms with E-state index in [0.717, 1.165) is 31.1 Å². The first-order chi connectivity index (χ1) is 8.52. The molecule has 2 aliphatic rings. The van der Waals surface area contributed by atoms with E-state index in [2.05, 4.69) is 10.2 Å². The van der Waals surface area contributed by atoms with E-state index in [9.17, 15) is 13.2 Å². The molecule has 2 fully saturated rings. The van der Waals surface area contributed by atoms with Crippen LogP contribution in [0.2, 0.25) is 0 Å². The summed E-state index contributed by atoms with van der Waals surface area (Å²) in [5.74, 6) is 0. The smallest absolute Gasteiger partial charge is 0.311 e. The standard InChI is InChI=1S/C13H15F3N2/c14-13(15,16)10-3-1-2-9(4-10)7-18-8-11-5-12(18)6-17-11/h1-4,11-12,17H,5-8H2. The molecule has 2 aliphatic heterocycles. The van der Waals surface area contributed by atoms with Crippen molar-refractivity contribution >= 4 is 0 Å². The van der Waals surface area contributed by atoms with Gasteiger partial charge in [-0.2, -0.15) is 13.2 Å². The molecular weight excluding hydrogens is 241 g/mol. The third-order valence-corrected chi connectivity index (χ3v) is 3.81. The van der Waals surface area contributed by atoms with E-state index < -0.39 is 11.7 Å². The number of hydrogen-bond acceptors (Lipinski definition) is 2. The van der Waals surface area contributed by atoms with Crippen molar-refractivity contribution in [1.29, 1.82) is 0 Å². The monoisotopic (exact) mass is 256 g/mol. The van der Waals surface area contributed by atoms with E-state index in [0.29, 0.717) is 18.6 Å². The predicted molar refractivity (Wildman–Crippen MR) is 62.0 cm³/mol. The number of nitrogens with one attached hydrogen (secondary N) is 1. The van der Waals surface area contributed by atoms with Gasteiger partial charge in [0.25, 0.3) is 0 Å². The largest absolute Gasteiger partial charge is 0.416 e. The van der Waals surface area contributed by atoms with Crippen LogP contribution in [0.4, 0.5) is 13.2 Å². The van der Waals surface area contributed by atoms with Crippen LogP contribution in [0.1, 0.15) is 17.5 Å². The number of halogens is 3. The molecule has 0 amide bonds. The van der Waals surface area contributed by atoms with Gasteiger partial charge in [-0.05, 0) is 18.1 Å². The fourth-order valence-corrected chi connectivity index (χ4v) is 2.92. The number of benzene rings is 1. The first kappa shape index (κ1) is 12.0. The van der Waals surface area contributed by atoms with Crippen LogP contribution in [0.5, 0.6) is 0 Å². The summed E-state index contributed by atoms with van der Waals surface area (Å²) in [5, 5.41) is 3.39. The normalized spacial score (nSPS) is 27.9. The van der Waals surface area contributed by atoms with Gasteiger partial charge in [-0.25, -0.2) is 0 Å². The lowest BCUT2D eigenvalue weighted by Gasteiger charge is -2.27. The van der Waals surface area contributed by atoms with Crippen molar-refractivity contribution in [3.63, 3.8) is 0 Å². The van der Waals surface area contributed by atoms with Crippen molar-refractivity contribution in [2.75, 3.05) is 13.1 Å². The molecule has 0 spiro atoms. The fourth-order valence-electron chi connectivity index (χ4n) is 2.92. The molecule has 2 unspecified atom stereocenters. The maximum absolute atomic E-state index is 12.6. The Morgan fingerprint density at radius 1 is 1.33 bits per heavy atom. The molecule has 0 aromatic heterocycles. The van der Waals surface area contributed by atoms with Crippen LogP contribution in [-0.4, -0.2) is 30.1 Å². The molecular formula is C13H15F3N2. The van der Waals surface area contributed by atoms with Crippen LogP contribution in [0.3, 0.4) is 0 Å². The molecule has 2 nitrogen and oxygen atoms in total. The van der Waals surface area contributed by atoms with Gasteiger partial charge in [0.15, 0.2) is 0 Å². The summed E-state index contributed by atoms with van der Waals surface area (Å²) < 4.78 is 37.8. The van der Waals surface area contributed by atoms with Crippen molar-refractivity contribution in [2.45, 2.75) is 31.2 Å². The van der Waals surface area contributed by atoms with Crippen LogP contribution in [-0.2, 0) is 12.7 Å². The molecule has 98 valence electrons. The zero-order valence-corrected chi connectivity index (χ0v) is 9.87. The Kier molecular flexibility index (Phi) is 2.83. The Labute approximate surface area is 104 Å². The molecule has 3 rings (SSSR count). The highest BCUT2D eigenvalue weighted by Gasteiger charge is 2.37. The number of fused-ring (bicyclic) bond motifs is 2. The Morgan fingerprint density at radius 2 is 2.17 bits per heavy atom. The quantitative estimate of drug-likeness (QED) is 0.873. The van der Waals surface area contributed by atoms with E-state index >= 15 is 0 Å². The minimum Gasteiger partial charge on any atom is -0.311 e. The highest BCUT2D eigenvalue weighted by molar-refractivity contribution is 5.26. The van der Waals surface area contributed by atoms with E-state index in [1.807, 2.05) is 0 Å². The molecule has 2 saturated heterocycles. The fraction of sp³-hybridized carbons (Fsp3) is 0.538. The maximum atomic E-state index is 12.6. The molecule has 1 aromatic carbocycles. The molecule has 2 bridgehead atoms. The molecule has 0 radical (unpaired) electrons. The Bertz CT molecular complexity index is 444. The van der Waals surface area contributed by atoms with Crippen LogP contribution in [0, 0.1) is 0 Å². The van der Waals surface area contributed by atoms with Crippen LogP contribution in [0.25, 0.3) is 0 Å². The van der Waals surface area contributed by atoms with Gasteiger partial charge in [-0.15, -0.1) is 0 Å². The molecule has 0 aliphatic carbocycles. The van der Waals surface area contributed by atoms with Crippen molar-refractivity contribution in [1.82, 2.24) is 10.2 Å². The van der Waals surface area contributed by atoms with Crippen LogP contribution >= 0.6 is 0 Å². The van der Waals surface area contributed by atoms with E-state index in [4.69, 9.17) is 0 Å².